The Hall–Kier alpha value is -0.0800. The molecule has 0 bridgehead atoms. The van der Waals surface area contributed by atoms with Gasteiger partial charge in [-0.25, -0.2) is 0 Å². The van der Waals surface area contributed by atoms with Crippen molar-refractivity contribution in [2.24, 2.45) is 5.92 Å². The second kappa shape index (κ2) is 11.6. The van der Waals surface area contributed by atoms with Gasteiger partial charge in [-0.1, -0.05) is 71.6 Å². The topological polar surface area (TPSA) is 21.3 Å². The zero-order valence-corrected chi connectivity index (χ0v) is 14.1. The average Bonchev–Trinajstić information content (AvgIpc) is 2.40. The van der Waals surface area contributed by atoms with Gasteiger partial charge < -0.3 is 10.1 Å². The number of rotatable bonds is 5. The average molecular weight is 283 g/mol. The lowest BCUT2D eigenvalue weighted by molar-refractivity contribution is 0.137. The highest BCUT2D eigenvalue weighted by molar-refractivity contribution is 4.77. The van der Waals surface area contributed by atoms with Crippen molar-refractivity contribution in [1.82, 2.24) is 5.32 Å². The van der Waals surface area contributed by atoms with Crippen molar-refractivity contribution < 1.29 is 4.74 Å². The fraction of sp³-hybridized carbons (Fsp3) is 1.00. The molecule has 0 saturated heterocycles. The van der Waals surface area contributed by atoms with Crippen LogP contribution < -0.4 is 5.32 Å². The Morgan fingerprint density at radius 1 is 0.850 bits per heavy atom. The molecule has 0 aliphatic heterocycles. The largest absolute Gasteiger partial charge is 0.383 e. The standard InChI is InChI=1S/C18H37NO/c1-16(2)18(15-20-3)19-17-13-11-9-7-5-4-6-8-10-12-14-17/h16-19H,4-15H2,1-3H3. The lowest BCUT2D eigenvalue weighted by Gasteiger charge is -2.28. The maximum absolute atomic E-state index is 5.38. The molecule has 0 aromatic heterocycles. The van der Waals surface area contributed by atoms with Crippen molar-refractivity contribution >= 4 is 0 Å². The van der Waals surface area contributed by atoms with Crippen LogP contribution in [0.15, 0.2) is 0 Å². The summed E-state index contributed by atoms with van der Waals surface area (Å²) >= 11 is 0. The molecule has 0 aromatic rings. The van der Waals surface area contributed by atoms with Crippen LogP contribution in [-0.4, -0.2) is 25.8 Å². The Morgan fingerprint density at radius 3 is 1.70 bits per heavy atom. The van der Waals surface area contributed by atoms with Gasteiger partial charge in [-0.05, 0) is 18.8 Å². The molecule has 2 nitrogen and oxygen atoms in total. The summed E-state index contributed by atoms with van der Waals surface area (Å²) in [5.74, 6) is 0.649. The van der Waals surface area contributed by atoms with E-state index in [1.165, 1.54) is 70.6 Å². The van der Waals surface area contributed by atoms with Crippen LogP contribution in [-0.2, 0) is 4.74 Å². The van der Waals surface area contributed by atoms with E-state index >= 15 is 0 Å². The highest BCUT2D eigenvalue weighted by Gasteiger charge is 2.18. The summed E-state index contributed by atoms with van der Waals surface area (Å²) in [6.07, 6.45) is 15.6. The molecule has 1 atom stereocenters. The summed E-state index contributed by atoms with van der Waals surface area (Å²) in [6.45, 7) is 5.44. The van der Waals surface area contributed by atoms with Gasteiger partial charge in [0.1, 0.15) is 0 Å². The predicted octanol–water partition coefficient (Wildman–Crippen LogP) is 4.92. The van der Waals surface area contributed by atoms with Gasteiger partial charge in [-0.15, -0.1) is 0 Å². The molecular weight excluding hydrogens is 246 g/mol. The molecule has 1 aliphatic carbocycles. The minimum Gasteiger partial charge on any atom is -0.383 e. The Labute approximate surface area is 127 Å². The third kappa shape index (κ3) is 8.26. The Balaban J connectivity index is 2.40. The van der Waals surface area contributed by atoms with Gasteiger partial charge in [0.15, 0.2) is 0 Å². The smallest absolute Gasteiger partial charge is 0.0618 e. The van der Waals surface area contributed by atoms with Gasteiger partial charge >= 0.3 is 0 Å². The van der Waals surface area contributed by atoms with Gasteiger partial charge in [0.05, 0.1) is 6.61 Å². The quantitative estimate of drug-likeness (QED) is 0.773. The van der Waals surface area contributed by atoms with E-state index in [2.05, 4.69) is 19.2 Å². The van der Waals surface area contributed by atoms with Crippen molar-refractivity contribution in [3.8, 4) is 0 Å². The summed E-state index contributed by atoms with van der Waals surface area (Å²) in [4.78, 5) is 0. The number of hydrogen-bond acceptors (Lipinski definition) is 2. The van der Waals surface area contributed by atoms with Crippen molar-refractivity contribution in [3.05, 3.63) is 0 Å². The first kappa shape index (κ1) is 18.0. The SMILES string of the molecule is COCC(NC1CCCCCCCCCCC1)C(C)C. The second-order valence-corrected chi connectivity index (χ2v) is 6.93. The van der Waals surface area contributed by atoms with Crippen LogP contribution in [0.1, 0.15) is 84.5 Å². The van der Waals surface area contributed by atoms with E-state index in [4.69, 9.17) is 4.74 Å². The normalized spacial score (nSPS) is 22.2. The zero-order valence-electron chi connectivity index (χ0n) is 14.1. The molecule has 1 rings (SSSR count). The van der Waals surface area contributed by atoms with Gasteiger partial charge in [0, 0.05) is 19.2 Å². The van der Waals surface area contributed by atoms with Crippen molar-refractivity contribution in [2.45, 2.75) is 96.6 Å². The fourth-order valence-corrected chi connectivity index (χ4v) is 3.25. The molecule has 0 heterocycles. The first-order valence-electron chi connectivity index (χ1n) is 8.99. The Bertz CT molecular complexity index is 205. The number of nitrogens with one attached hydrogen (secondary N) is 1. The summed E-state index contributed by atoms with van der Waals surface area (Å²) in [6, 6.07) is 1.22. The van der Waals surface area contributed by atoms with E-state index in [0.717, 1.165) is 6.61 Å². The van der Waals surface area contributed by atoms with Crippen LogP contribution in [0.25, 0.3) is 0 Å². The Kier molecular flexibility index (Phi) is 10.4. The second-order valence-electron chi connectivity index (χ2n) is 6.93. The van der Waals surface area contributed by atoms with Gasteiger partial charge in [-0.3, -0.25) is 0 Å². The predicted molar refractivity (Wildman–Crippen MR) is 88.2 cm³/mol. The van der Waals surface area contributed by atoms with E-state index in [1.54, 1.807) is 0 Å². The molecule has 0 radical (unpaired) electrons. The van der Waals surface area contributed by atoms with E-state index < -0.39 is 0 Å². The van der Waals surface area contributed by atoms with Crippen molar-refractivity contribution in [1.29, 1.82) is 0 Å². The molecule has 0 amide bonds. The Morgan fingerprint density at radius 2 is 1.30 bits per heavy atom. The van der Waals surface area contributed by atoms with Gasteiger partial charge in [-0.2, -0.15) is 0 Å². The molecule has 2 heteroatoms. The van der Waals surface area contributed by atoms with E-state index in [-0.39, 0.29) is 0 Å². The molecule has 120 valence electrons. The minimum atomic E-state index is 0.512. The van der Waals surface area contributed by atoms with Crippen molar-refractivity contribution in [2.75, 3.05) is 13.7 Å². The maximum atomic E-state index is 5.38. The molecule has 1 unspecified atom stereocenters. The van der Waals surface area contributed by atoms with Crippen LogP contribution in [0.3, 0.4) is 0 Å². The summed E-state index contributed by atoms with van der Waals surface area (Å²) in [5, 5.41) is 3.88. The van der Waals surface area contributed by atoms with Crippen LogP contribution >= 0.6 is 0 Å². The third-order valence-corrected chi connectivity index (χ3v) is 4.71. The molecular formula is C18H37NO. The van der Waals surface area contributed by atoms with Crippen LogP contribution in [0.5, 0.6) is 0 Å². The lowest BCUT2D eigenvalue weighted by Crippen LogP contribution is -2.44. The minimum absolute atomic E-state index is 0.512. The van der Waals surface area contributed by atoms with Gasteiger partial charge in [0.2, 0.25) is 0 Å². The molecule has 20 heavy (non-hydrogen) atoms. The lowest BCUT2D eigenvalue weighted by atomic mass is 9.96. The summed E-state index contributed by atoms with van der Waals surface area (Å²) in [7, 11) is 1.82. The number of ether oxygens (including phenoxy) is 1. The highest BCUT2D eigenvalue weighted by atomic mass is 16.5. The van der Waals surface area contributed by atoms with Crippen LogP contribution in [0.4, 0.5) is 0 Å². The van der Waals surface area contributed by atoms with Crippen LogP contribution in [0.2, 0.25) is 0 Å². The fourth-order valence-electron chi connectivity index (χ4n) is 3.25. The van der Waals surface area contributed by atoms with Crippen LogP contribution in [0, 0.1) is 5.92 Å². The van der Waals surface area contributed by atoms with Gasteiger partial charge in [0.25, 0.3) is 0 Å². The third-order valence-electron chi connectivity index (χ3n) is 4.71. The molecule has 1 saturated carbocycles. The van der Waals surface area contributed by atoms with Crippen molar-refractivity contribution in [3.63, 3.8) is 0 Å². The molecule has 1 N–H and O–H groups in total. The first-order chi connectivity index (χ1) is 9.74. The maximum Gasteiger partial charge on any atom is 0.0618 e. The number of hydrogen-bond donors (Lipinski definition) is 1. The summed E-state index contributed by atoms with van der Waals surface area (Å²) < 4.78 is 5.38. The molecule has 0 aromatic carbocycles. The molecule has 1 fully saturated rings. The molecule has 0 spiro atoms. The zero-order chi connectivity index (χ0) is 14.6. The van der Waals surface area contributed by atoms with E-state index in [1.807, 2.05) is 7.11 Å². The monoisotopic (exact) mass is 283 g/mol. The number of methoxy groups -OCH3 is 1. The first-order valence-corrected chi connectivity index (χ1v) is 8.99. The molecule has 1 aliphatic rings. The summed E-state index contributed by atoms with van der Waals surface area (Å²) in [5.41, 5.74) is 0. The highest BCUT2D eigenvalue weighted by Crippen LogP contribution is 2.18. The van der Waals surface area contributed by atoms with E-state index in [9.17, 15) is 0 Å². The van der Waals surface area contributed by atoms with E-state index in [0.29, 0.717) is 18.0 Å².